The number of rotatable bonds is 6. The van der Waals surface area contributed by atoms with E-state index in [4.69, 9.17) is 9.72 Å². The van der Waals surface area contributed by atoms with Crippen molar-refractivity contribution in [2.24, 2.45) is 0 Å². The summed E-state index contributed by atoms with van der Waals surface area (Å²) in [6, 6.07) is 9.64. The largest absolute Gasteiger partial charge is 0.383 e. The number of piperazine rings is 1. The van der Waals surface area contributed by atoms with Crippen molar-refractivity contribution in [3.8, 4) is 6.07 Å². The van der Waals surface area contributed by atoms with Gasteiger partial charge in [0.05, 0.1) is 56.9 Å². The van der Waals surface area contributed by atoms with Gasteiger partial charge in [-0.05, 0) is 12.1 Å². The second-order valence-electron chi connectivity index (χ2n) is 6.71. The van der Waals surface area contributed by atoms with E-state index in [1.807, 2.05) is 24.3 Å². The standard InChI is InChI=1S/C19H24N6O2/c1-24-8-10-25(11-9-24)18-17(14(13-20)19(26)21-7-12-27-2)22-15-5-3-4-6-16(15)23-18/h3-6,14H,7-12H2,1-2H3,(H,21,26)/p+1/t14-/m1/s1. The summed E-state index contributed by atoms with van der Waals surface area (Å²) in [5, 5.41) is 12.5. The normalized spacial score (nSPS) is 16.1. The van der Waals surface area contributed by atoms with E-state index in [1.54, 1.807) is 7.11 Å². The first-order valence-corrected chi connectivity index (χ1v) is 9.13. The third kappa shape index (κ3) is 4.32. The lowest BCUT2D eigenvalue weighted by Crippen LogP contribution is -3.12. The van der Waals surface area contributed by atoms with Crippen molar-refractivity contribution in [3.05, 3.63) is 30.0 Å². The van der Waals surface area contributed by atoms with E-state index in [9.17, 15) is 10.1 Å². The Kier molecular flexibility index (Phi) is 6.16. The minimum absolute atomic E-state index is 0.349. The Bertz CT molecular complexity index is 842. The molecular formula is C19H25N6O2+. The fourth-order valence-corrected chi connectivity index (χ4v) is 3.15. The fourth-order valence-electron chi connectivity index (χ4n) is 3.15. The number of amides is 1. The lowest BCUT2D eigenvalue weighted by molar-refractivity contribution is -0.880. The number of anilines is 1. The van der Waals surface area contributed by atoms with Gasteiger partial charge in [0.2, 0.25) is 5.91 Å². The summed E-state index contributed by atoms with van der Waals surface area (Å²) in [7, 11) is 3.72. The van der Waals surface area contributed by atoms with Crippen LogP contribution in [0.25, 0.3) is 11.0 Å². The van der Waals surface area contributed by atoms with Crippen LogP contribution in [0.2, 0.25) is 0 Å². The summed E-state index contributed by atoms with van der Waals surface area (Å²) in [6.45, 7) is 4.32. The van der Waals surface area contributed by atoms with Gasteiger partial charge in [0.15, 0.2) is 11.7 Å². The molecule has 1 aliphatic rings. The second-order valence-corrected chi connectivity index (χ2v) is 6.71. The first-order chi connectivity index (χ1) is 13.1. The molecule has 1 fully saturated rings. The average molecular weight is 369 g/mol. The smallest absolute Gasteiger partial charge is 0.243 e. The molecule has 1 aliphatic heterocycles. The van der Waals surface area contributed by atoms with Gasteiger partial charge in [-0.25, -0.2) is 9.97 Å². The van der Waals surface area contributed by atoms with Crippen LogP contribution in [0.5, 0.6) is 0 Å². The molecule has 2 N–H and O–H groups in total. The summed E-state index contributed by atoms with van der Waals surface area (Å²) in [5.41, 5.74) is 1.87. The van der Waals surface area contributed by atoms with Crippen molar-refractivity contribution in [1.82, 2.24) is 15.3 Å². The van der Waals surface area contributed by atoms with Crippen molar-refractivity contribution < 1.29 is 14.4 Å². The Balaban J connectivity index is 1.99. The molecule has 27 heavy (non-hydrogen) atoms. The molecule has 1 amide bonds. The summed E-state index contributed by atoms with van der Waals surface area (Å²) in [4.78, 5) is 25.6. The number of carbonyl (C=O) groups excluding carboxylic acids is 1. The van der Waals surface area contributed by atoms with Crippen LogP contribution >= 0.6 is 0 Å². The molecule has 142 valence electrons. The molecule has 0 saturated carbocycles. The van der Waals surface area contributed by atoms with E-state index in [1.165, 1.54) is 4.90 Å². The summed E-state index contributed by atoms with van der Waals surface area (Å²) >= 11 is 0. The Hall–Kier alpha value is -2.76. The molecule has 1 atom stereocenters. The molecule has 0 unspecified atom stereocenters. The van der Waals surface area contributed by atoms with Crippen molar-refractivity contribution in [2.45, 2.75) is 5.92 Å². The van der Waals surface area contributed by atoms with Crippen LogP contribution in [0.15, 0.2) is 24.3 Å². The molecule has 0 aliphatic carbocycles. The molecule has 0 radical (unpaired) electrons. The van der Waals surface area contributed by atoms with E-state index in [0.29, 0.717) is 30.2 Å². The maximum Gasteiger partial charge on any atom is 0.243 e. The number of carbonyl (C=O) groups is 1. The van der Waals surface area contributed by atoms with E-state index < -0.39 is 5.92 Å². The van der Waals surface area contributed by atoms with Gasteiger partial charge in [-0.1, -0.05) is 12.1 Å². The van der Waals surface area contributed by atoms with Crippen LogP contribution in [-0.4, -0.2) is 69.4 Å². The zero-order valence-electron chi connectivity index (χ0n) is 15.7. The number of fused-ring (bicyclic) bond motifs is 1. The van der Waals surface area contributed by atoms with Crippen molar-refractivity contribution in [1.29, 1.82) is 5.26 Å². The lowest BCUT2D eigenvalue weighted by Gasteiger charge is -2.32. The molecule has 3 rings (SSSR count). The van der Waals surface area contributed by atoms with Gasteiger partial charge in [-0.3, -0.25) is 4.79 Å². The molecule has 2 heterocycles. The van der Waals surface area contributed by atoms with Crippen LogP contribution in [0, 0.1) is 11.3 Å². The highest BCUT2D eigenvalue weighted by Gasteiger charge is 2.30. The highest BCUT2D eigenvalue weighted by molar-refractivity contribution is 5.88. The van der Waals surface area contributed by atoms with Gasteiger partial charge in [-0.2, -0.15) is 5.26 Å². The third-order valence-electron chi connectivity index (χ3n) is 4.76. The Labute approximate surface area is 158 Å². The fraction of sp³-hybridized carbons (Fsp3) is 0.474. The van der Waals surface area contributed by atoms with E-state index >= 15 is 0 Å². The molecule has 8 heteroatoms. The Morgan fingerprint density at radius 1 is 1.33 bits per heavy atom. The van der Waals surface area contributed by atoms with Crippen LogP contribution in [0.3, 0.4) is 0 Å². The minimum atomic E-state index is -1.01. The highest BCUT2D eigenvalue weighted by Crippen LogP contribution is 2.27. The molecule has 1 aromatic heterocycles. The van der Waals surface area contributed by atoms with Gasteiger partial charge in [0.1, 0.15) is 5.69 Å². The quantitative estimate of drug-likeness (QED) is 0.656. The SMILES string of the molecule is COCCNC(=O)[C@H](C#N)c1nc2ccccc2nc1N1CC[NH+](C)CC1. The first kappa shape index (κ1) is 19.0. The van der Waals surface area contributed by atoms with Crippen LogP contribution in [0.4, 0.5) is 5.82 Å². The first-order valence-electron chi connectivity index (χ1n) is 9.13. The average Bonchev–Trinajstić information content (AvgIpc) is 2.69. The van der Waals surface area contributed by atoms with Crippen molar-refractivity contribution in [2.75, 3.05) is 58.4 Å². The number of quaternary nitrogens is 1. The van der Waals surface area contributed by atoms with E-state index in [2.05, 4.69) is 28.3 Å². The van der Waals surface area contributed by atoms with E-state index in [0.717, 1.165) is 31.7 Å². The van der Waals surface area contributed by atoms with E-state index in [-0.39, 0.29) is 5.91 Å². The number of ether oxygens (including phenoxy) is 1. The Morgan fingerprint density at radius 3 is 2.63 bits per heavy atom. The number of nitrogens with zero attached hydrogens (tertiary/aromatic N) is 4. The van der Waals surface area contributed by atoms with Gasteiger partial charge >= 0.3 is 0 Å². The molecule has 2 aromatic rings. The number of aromatic nitrogens is 2. The number of likely N-dealkylation sites (N-methyl/N-ethyl adjacent to an activating group) is 1. The molecule has 1 saturated heterocycles. The summed E-state index contributed by atoms with van der Waals surface area (Å²) in [5.74, 6) is -0.754. The molecular weight excluding hydrogens is 344 g/mol. The minimum Gasteiger partial charge on any atom is -0.383 e. The lowest BCUT2D eigenvalue weighted by atomic mass is 10.0. The predicted molar refractivity (Wildman–Crippen MR) is 102 cm³/mol. The van der Waals surface area contributed by atoms with Crippen molar-refractivity contribution >= 4 is 22.8 Å². The van der Waals surface area contributed by atoms with Gasteiger partial charge in [0, 0.05) is 13.7 Å². The number of methoxy groups -OCH3 is 1. The topological polar surface area (TPSA) is 95.6 Å². The molecule has 0 bridgehead atoms. The van der Waals surface area contributed by atoms with Gasteiger partial charge < -0.3 is 19.9 Å². The third-order valence-corrected chi connectivity index (χ3v) is 4.76. The van der Waals surface area contributed by atoms with Crippen molar-refractivity contribution in [3.63, 3.8) is 0 Å². The number of nitriles is 1. The predicted octanol–water partition coefficient (Wildman–Crippen LogP) is -0.666. The number of para-hydroxylation sites is 2. The van der Waals surface area contributed by atoms with Gasteiger partial charge in [-0.15, -0.1) is 0 Å². The summed E-state index contributed by atoms with van der Waals surface area (Å²) < 4.78 is 4.96. The van der Waals surface area contributed by atoms with Crippen LogP contribution < -0.4 is 15.1 Å². The van der Waals surface area contributed by atoms with Crippen LogP contribution in [-0.2, 0) is 9.53 Å². The number of benzene rings is 1. The molecule has 8 nitrogen and oxygen atoms in total. The highest BCUT2D eigenvalue weighted by atomic mass is 16.5. The Morgan fingerprint density at radius 2 is 2.00 bits per heavy atom. The number of nitrogens with one attached hydrogen (secondary N) is 2. The second kappa shape index (κ2) is 8.75. The maximum atomic E-state index is 12.6. The number of hydrogen-bond donors (Lipinski definition) is 2. The zero-order chi connectivity index (χ0) is 19.2. The molecule has 1 aromatic carbocycles. The maximum absolute atomic E-state index is 12.6. The molecule has 0 spiro atoms. The van der Waals surface area contributed by atoms with Crippen LogP contribution in [0.1, 0.15) is 11.6 Å². The van der Waals surface area contributed by atoms with Gasteiger partial charge in [0.25, 0.3) is 0 Å². The number of hydrogen-bond acceptors (Lipinski definition) is 6. The zero-order valence-corrected chi connectivity index (χ0v) is 15.7. The monoisotopic (exact) mass is 369 g/mol. The summed E-state index contributed by atoms with van der Waals surface area (Å²) in [6.07, 6.45) is 0.